The van der Waals surface area contributed by atoms with E-state index in [9.17, 15) is 4.79 Å². The SMILES string of the molecule is CC1(C(=O)O)CN(C2COCC2(C)C)C1. The van der Waals surface area contributed by atoms with Gasteiger partial charge in [-0.3, -0.25) is 9.69 Å². The Balaban J connectivity index is 1.97. The minimum atomic E-state index is -0.685. The van der Waals surface area contributed by atoms with Crippen LogP contribution in [-0.2, 0) is 9.53 Å². The third-order valence-electron chi connectivity index (χ3n) is 3.71. The highest BCUT2D eigenvalue weighted by atomic mass is 16.5. The van der Waals surface area contributed by atoms with Gasteiger partial charge >= 0.3 is 5.97 Å². The summed E-state index contributed by atoms with van der Waals surface area (Å²) < 4.78 is 5.47. The van der Waals surface area contributed by atoms with Crippen LogP contribution < -0.4 is 0 Å². The van der Waals surface area contributed by atoms with E-state index in [2.05, 4.69) is 18.7 Å². The number of nitrogens with zero attached hydrogens (tertiary/aromatic N) is 1. The van der Waals surface area contributed by atoms with Crippen molar-refractivity contribution in [2.45, 2.75) is 26.8 Å². The lowest BCUT2D eigenvalue weighted by molar-refractivity contribution is -0.162. The van der Waals surface area contributed by atoms with Crippen LogP contribution in [-0.4, -0.2) is 48.3 Å². The molecular formula is C11H19NO3. The van der Waals surface area contributed by atoms with Crippen molar-refractivity contribution < 1.29 is 14.6 Å². The Morgan fingerprint density at radius 2 is 2.00 bits per heavy atom. The third-order valence-corrected chi connectivity index (χ3v) is 3.71. The average Bonchev–Trinajstić information content (AvgIpc) is 2.39. The van der Waals surface area contributed by atoms with Gasteiger partial charge in [0.15, 0.2) is 0 Å². The van der Waals surface area contributed by atoms with Gasteiger partial charge < -0.3 is 9.84 Å². The maximum atomic E-state index is 11.0. The van der Waals surface area contributed by atoms with Crippen LogP contribution in [0.25, 0.3) is 0 Å². The van der Waals surface area contributed by atoms with E-state index in [1.165, 1.54) is 0 Å². The molecule has 0 amide bonds. The number of ether oxygens (including phenoxy) is 1. The maximum absolute atomic E-state index is 11.0. The fourth-order valence-corrected chi connectivity index (χ4v) is 2.56. The van der Waals surface area contributed by atoms with Crippen LogP contribution in [0.1, 0.15) is 20.8 Å². The number of hydrogen-bond acceptors (Lipinski definition) is 3. The molecule has 86 valence electrons. The first kappa shape index (κ1) is 10.9. The Morgan fingerprint density at radius 3 is 2.40 bits per heavy atom. The van der Waals surface area contributed by atoms with E-state index < -0.39 is 11.4 Å². The molecule has 15 heavy (non-hydrogen) atoms. The Morgan fingerprint density at radius 1 is 1.40 bits per heavy atom. The van der Waals surface area contributed by atoms with E-state index in [1.807, 2.05) is 6.92 Å². The Bertz CT molecular complexity index is 282. The second-order valence-electron chi connectivity index (χ2n) is 5.79. The molecule has 0 radical (unpaired) electrons. The van der Waals surface area contributed by atoms with Crippen molar-refractivity contribution in [3.05, 3.63) is 0 Å². The quantitative estimate of drug-likeness (QED) is 0.737. The number of carboxylic acids is 1. The van der Waals surface area contributed by atoms with Crippen LogP contribution in [0.15, 0.2) is 0 Å². The molecule has 2 aliphatic rings. The van der Waals surface area contributed by atoms with Gasteiger partial charge in [-0.15, -0.1) is 0 Å². The third kappa shape index (κ3) is 1.66. The molecule has 0 bridgehead atoms. The van der Waals surface area contributed by atoms with Gasteiger partial charge in [0.25, 0.3) is 0 Å². The normalized spacial score (nSPS) is 33.7. The highest BCUT2D eigenvalue weighted by Crippen LogP contribution is 2.39. The topological polar surface area (TPSA) is 49.8 Å². The Labute approximate surface area is 90.2 Å². The fraction of sp³-hybridized carbons (Fsp3) is 0.909. The molecule has 2 rings (SSSR count). The predicted molar refractivity (Wildman–Crippen MR) is 55.7 cm³/mol. The van der Waals surface area contributed by atoms with Crippen LogP contribution in [0.4, 0.5) is 0 Å². The molecule has 0 saturated carbocycles. The number of hydrogen-bond donors (Lipinski definition) is 1. The zero-order chi connectivity index (χ0) is 11.3. The van der Waals surface area contributed by atoms with Crippen molar-refractivity contribution in [2.75, 3.05) is 26.3 Å². The summed E-state index contributed by atoms with van der Waals surface area (Å²) in [7, 11) is 0. The molecule has 1 atom stereocenters. The molecule has 0 aromatic carbocycles. The molecule has 0 aromatic heterocycles. The zero-order valence-electron chi connectivity index (χ0n) is 9.62. The summed E-state index contributed by atoms with van der Waals surface area (Å²) in [5.41, 5.74) is -0.390. The van der Waals surface area contributed by atoms with Gasteiger partial charge in [0, 0.05) is 24.5 Å². The largest absolute Gasteiger partial charge is 0.481 e. The monoisotopic (exact) mass is 213 g/mol. The Hall–Kier alpha value is -0.610. The highest BCUT2D eigenvalue weighted by molar-refractivity contribution is 5.76. The predicted octanol–water partition coefficient (Wildman–Crippen LogP) is 0.818. The van der Waals surface area contributed by atoms with E-state index in [-0.39, 0.29) is 5.41 Å². The van der Waals surface area contributed by atoms with Gasteiger partial charge in [-0.25, -0.2) is 0 Å². The molecule has 4 heteroatoms. The van der Waals surface area contributed by atoms with Gasteiger partial charge in [0.05, 0.1) is 18.6 Å². The summed E-state index contributed by atoms with van der Waals surface area (Å²) in [5.74, 6) is -0.685. The van der Waals surface area contributed by atoms with Crippen LogP contribution >= 0.6 is 0 Å². The standard InChI is InChI=1S/C11H19NO3/c1-10(2)7-15-4-8(10)12-5-11(3,6-12)9(13)14/h8H,4-7H2,1-3H3,(H,13,14). The van der Waals surface area contributed by atoms with Crippen LogP contribution in [0.2, 0.25) is 0 Å². The summed E-state index contributed by atoms with van der Waals surface area (Å²) >= 11 is 0. The summed E-state index contributed by atoms with van der Waals surface area (Å²) in [4.78, 5) is 13.2. The summed E-state index contributed by atoms with van der Waals surface area (Å²) in [6.07, 6.45) is 0. The molecule has 2 aliphatic heterocycles. The lowest BCUT2D eigenvalue weighted by Gasteiger charge is -2.50. The Kier molecular flexibility index (Phi) is 2.32. The van der Waals surface area contributed by atoms with Crippen LogP contribution in [0, 0.1) is 10.8 Å². The molecule has 1 unspecified atom stereocenters. The number of rotatable bonds is 2. The molecule has 0 aromatic rings. The van der Waals surface area contributed by atoms with E-state index >= 15 is 0 Å². The lowest BCUT2D eigenvalue weighted by atomic mass is 9.77. The summed E-state index contributed by atoms with van der Waals surface area (Å²) in [5, 5.41) is 9.03. The molecule has 1 N–H and O–H groups in total. The lowest BCUT2D eigenvalue weighted by Crippen LogP contribution is -2.64. The number of aliphatic carboxylic acids is 1. The number of carboxylic acid groups (broad SMARTS) is 1. The second kappa shape index (κ2) is 3.19. The van der Waals surface area contributed by atoms with Crippen molar-refractivity contribution in [3.8, 4) is 0 Å². The first-order chi connectivity index (χ1) is 6.85. The zero-order valence-corrected chi connectivity index (χ0v) is 9.62. The maximum Gasteiger partial charge on any atom is 0.311 e. The van der Waals surface area contributed by atoms with Crippen molar-refractivity contribution >= 4 is 5.97 Å². The molecule has 2 fully saturated rings. The van der Waals surface area contributed by atoms with Crippen LogP contribution in [0.3, 0.4) is 0 Å². The average molecular weight is 213 g/mol. The number of carbonyl (C=O) groups is 1. The van der Waals surface area contributed by atoms with E-state index in [0.717, 1.165) is 13.2 Å². The van der Waals surface area contributed by atoms with E-state index in [4.69, 9.17) is 9.84 Å². The van der Waals surface area contributed by atoms with Crippen molar-refractivity contribution in [1.82, 2.24) is 4.90 Å². The molecule has 2 saturated heterocycles. The van der Waals surface area contributed by atoms with Gasteiger partial charge in [0.2, 0.25) is 0 Å². The smallest absolute Gasteiger partial charge is 0.311 e. The van der Waals surface area contributed by atoms with Crippen LogP contribution in [0.5, 0.6) is 0 Å². The summed E-state index contributed by atoms with van der Waals surface area (Å²) in [6, 6.07) is 0.380. The minimum Gasteiger partial charge on any atom is -0.481 e. The van der Waals surface area contributed by atoms with Crippen molar-refractivity contribution in [1.29, 1.82) is 0 Å². The van der Waals surface area contributed by atoms with Gasteiger partial charge in [-0.05, 0) is 6.92 Å². The van der Waals surface area contributed by atoms with Gasteiger partial charge in [-0.1, -0.05) is 13.8 Å². The van der Waals surface area contributed by atoms with Gasteiger partial charge in [-0.2, -0.15) is 0 Å². The highest BCUT2D eigenvalue weighted by Gasteiger charge is 2.52. The number of likely N-dealkylation sites (tertiary alicyclic amines) is 1. The molecular weight excluding hydrogens is 194 g/mol. The van der Waals surface area contributed by atoms with Gasteiger partial charge in [0.1, 0.15) is 0 Å². The second-order valence-corrected chi connectivity index (χ2v) is 5.79. The first-order valence-corrected chi connectivity index (χ1v) is 5.40. The molecule has 0 aliphatic carbocycles. The minimum absolute atomic E-state index is 0.153. The molecule has 0 spiro atoms. The molecule has 2 heterocycles. The fourth-order valence-electron chi connectivity index (χ4n) is 2.56. The van der Waals surface area contributed by atoms with Crippen molar-refractivity contribution in [2.24, 2.45) is 10.8 Å². The van der Waals surface area contributed by atoms with E-state index in [1.54, 1.807) is 0 Å². The van der Waals surface area contributed by atoms with Crippen molar-refractivity contribution in [3.63, 3.8) is 0 Å². The molecule has 4 nitrogen and oxygen atoms in total. The first-order valence-electron chi connectivity index (χ1n) is 5.40. The summed E-state index contributed by atoms with van der Waals surface area (Å²) in [6.45, 7) is 9.00. The van der Waals surface area contributed by atoms with E-state index in [0.29, 0.717) is 19.1 Å².